The largest absolute Gasteiger partial charge is 0.335 e. The minimum absolute atomic E-state index is 0.00135. The quantitative estimate of drug-likeness (QED) is 0.458. The van der Waals surface area contributed by atoms with Crippen LogP contribution in [0.3, 0.4) is 0 Å². The molecule has 1 saturated carbocycles. The molecule has 0 spiro atoms. The number of nitrogens with one attached hydrogen (secondary N) is 4. The van der Waals surface area contributed by atoms with Gasteiger partial charge in [0.1, 0.15) is 6.29 Å². The highest BCUT2D eigenvalue weighted by molar-refractivity contribution is 6.30. The number of alkyl halides is 3. The summed E-state index contributed by atoms with van der Waals surface area (Å²) in [6.07, 6.45) is 2.91. The van der Waals surface area contributed by atoms with Crippen molar-refractivity contribution >= 4 is 40.8 Å². The number of amides is 2. The van der Waals surface area contributed by atoms with Crippen LogP contribution in [-0.4, -0.2) is 41.2 Å². The van der Waals surface area contributed by atoms with Crippen LogP contribution in [0, 0.1) is 0 Å². The maximum absolute atomic E-state index is 11.9. The Morgan fingerprint density at radius 1 is 1.05 bits per heavy atom. The third-order valence-electron chi connectivity index (χ3n) is 3.40. The summed E-state index contributed by atoms with van der Waals surface area (Å²) in [5.41, 5.74) is -0.120. The summed E-state index contributed by atoms with van der Waals surface area (Å²) in [6.45, 7) is 0.771. The van der Waals surface area contributed by atoms with E-state index < -0.39 is 0 Å². The second-order valence-corrected chi connectivity index (χ2v) is 6.62. The maximum atomic E-state index is 11.9. The van der Waals surface area contributed by atoms with Crippen LogP contribution in [0.15, 0.2) is 0 Å². The molecule has 2 aliphatic rings. The first-order valence-corrected chi connectivity index (χ1v) is 7.84. The first-order valence-electron chi connectivity index (χ1n) is 6.53. The van der Waals surface area contributed by atoms with E-state index in [1.54, 1.807) is 0 Å². The topological polar surface area (TPSA) is 65.2 Å². The van der Waals surface area contributed by atoms with E-state index in [2.05, 4.69) is 21.3 Å². The Bertz CT molecular complexity index is 320. The Morgan fingerprint density at radius 2 is 1.84 bits per heavy atom. The van der Waals surface area contributed by atoms with Gasteiger partial charge in [-0.15, -0.1) is 34.8 Å². The van der Waals surface area contributed by atoms with Gasteiger partial charge >= 0.3 is 6.03 Å². The zero-order chi connectivity index (χ0) is 13.8. The average Bonchev–Trinajstić information content (AvgIpc) is 2.34. The molecular formula is C11H19Cl3N4O. The Kier molecular flexibility index (Phi) is 5.84. The second kappa shape index (κ2) is 7.18. The van der Waals surface area contributed by atoms with Crippen molar-refractivity contribution in [3.63, 3.8) is 0 Å². The predicted octanol–water partition coefficient (Wildman–Crippen LogP) is 1.48. The molecular weight excluding hydrogens is 311 g/mol. The average molecular weight is 330 g/mol. The normalized spacial score (nSPS) is 39.6. The zero-order valence-corrected chi connectivity index (χ0v) is 12.7. The monoisotopic (exact) mass is 328 g/mol. The summed E-state index contributed by atoms with van der Waals surface area (Å²) in [7, 11) is 0. The van der Waals surface area contributed by atoms with E-state index in [1.165, 1.54) is 0 Å². The summed E-state index contributed by atoms with van der Waals surface area (Å²) in [5.74, 6) is 0. The third kappa shape index (κ3) is 4.83. The number of carbonyl (C=O) groups is 1. The molecule has 0 aromatic carbocycles. The lowest BCUT2D eigenvalue weighted by Crippen LogP contribution is -2.62. The molecule has 8 heteroatoms. The molecule has 0 aromatic heterocycles. The molecule has 5 unspecified atom stereocenters. The number of urea groups is 1. The van der Waals surface area contributed by atoms with Crippen molar-refractivity contribution in [3.8, 4) is 0 Å². The smallest absolute Gasteiger partial charge is 0.317 e. The van der Waals surface area contributed by atoms with Gasteiger partial charge < -0.3 is 10.6 Å². The van der Waals surface area contributed by atoms with Gasteiger partial charge in [0.15, 0.2) is 0 Å². The van der Waals surface area contributed by atoms with Gasteiger partial charge in [-0.05, 0) is 25.7 Å². The highest BCUT2D eigenvalue weighted by atomic mass is 35.5. The maximum Gasteiger partial charge on any atom is 0.317 e. The first-order chi connectivity index (χ1) is 9.04. The van der Waals surface area contributed by atoms with Gasteiger partial charge in [0, 0.05) is 12.6 Å². The highest BCUT2D eigenvalue weighted by Crippen LogP contribution is 2.27. The van der Waals surface area contributed by atoms with Crippen LogP contribution in [0.4, 0.5) is 4.79 Å². The Labute approximate surface area is 128 Å². The standard InChI is InChI=1S/C11H19Cl3N4O/c12-7-2-1-6(5-8(7)13)16-11(19)18-10-15-4-3-9(14)17-10/h6-10,15,17H,1-5H2,(H2,16,18,19). The van der Waals surface area contributed by atoms with Gasteiger partial charge in [0.2, 0.25) is 0 Å². The van der Waals surface area contributed by atoms with Crippen molar-refractivity contribution < 1.29 is 4.79 Å². The first kappa shape index (κ1) is 15.4. The molecule has 110 valence electrons. The van der Waals surface area contributed by atoms with Crippen LogP contribution in [0.25, 0.3) is 0 Å². The van der Waals surface area contributed by atoms with E-state index in [1.807, 2.05) is 0 Å². The van der Waals surface area contributed by atoms with Gasteiger partial charge in [-0.3, -0.25) is 10.6 Å². The fraction of sp³-hybridized carbons (Fsp3) is 0.909. The molecule has 2 amide bonds. The molecule has 0 aromatic rings. The van der Waals surface area contributed by atoms with E-state index >= 15 is 0 Å². The fourth-order valence-electron chi connectivity index (χ4n) is 2.34. The molecule has 0 radical (unpaired) electrons. The van der Waals surface area contributed by atoms with Crippen molar-refractivity contribution in [1.82, 2.24) is 21.3 Å². The number of hydrogen-bond acceptors (Lipinski definition) is 3. The van der Waals surface area contributed by atoms with Crippen molar-refractivity contribution in [2.75, 3.05) is 6.54 Å². The van der Waals surface area contributed by atoms with E-state index in [9.17, 15) is 4.79 Å². The van der Waals surface area contributed by atoms with Crippen LogP contribution in [0.5, 0.6) is 0 Å². The summed E-state index contributed by atoms with van der Waals surface area (Å²) < 4.78 is 0. The summed E-state index contributed by atoms with van der Waals surface area (Å²) >= 11 is 18.1. The molecule has 1 aliphatic heterocycles. The van der Waals surface area contributed by atoms with E-state index in [-0.39, 0.29) is 34.6 Å². The SMILES string of the molecule is O=C(NC1CCC(Cl)C(Cl)C1)NC1NCCC(Cl)N1. The lowest BCUT2D eigenvalue weighted by atomic mass is 9.95. The molecule has 5 nitrogen and oxygen atoms in total. The van der Waals surface area contributed by atoms with Crippen LogP contribution >= 0.6 is 34.8 Å². The van der Waals surface area contributed by atoms with Crippen molar-refractivity contribution in [2.24, 2.45) is 0 Å². The van der Waals surface area contributed by atoms with Gasteiger partial charge in [0.25, 0.3) is 0 Å². The van der Waals surface area contributed by atoms with Crippen LogP contribution in [0.2, 0.25) is 0 Å². The van der Waals surface area contributed by atoms with Gasteiger partial charge in [-0.1, -0.05) is 0 Å². The molecule has 2 rings (SSSR count). The summed E-state index contributed by atoms with van der Waals surface area (Å²) in [6, 6.07) is -0.148. The zero-order valence-electron chi connectivity index (χ0n) is 10.5. The van der Waals surface area contributed by atoms with Crippen LogP contribution in [-0.2, 0) is 0 Å². The lowest BCUT2D eigenvalue weighted by Gasteiger charge is -2.32. The van der Waals surface area contributed by atoms with Crippen molar-refractivity contribution in [1.29, 1.82) is 0 Å². The highest BCUT2D eigenvalue weighted by Gasteiger charge is 2.29. The van der Waals surface area contributed by atoms with Crippen LogP contribution < -0.4 is 21.3 Å². The lowest BCUT2D eigenvalue weighted by molar-refractivity contribution is 0.217. The molecule has 5 atom stereocenters. The second-order valence-electron chi connectivity index (χ2n) is 4.97. The summed E-state index contributed by atoms with van der Waals surface area (Å²) in [4.78, 5) is 11.9. The number of halogens is 3. The fourth-order valence-corrected chi connectivity index (χ4v) is 3.14. The molecule has 1 heterocycles. The Hall–Kier alpha value is 0.0600. The van der Waals surface area contributed by atoms with Gasteiger partial charge in [-0.2, -0.15) is 0 Å². The van der Waals surface area contributed by atoms with E-state index in [4.69, 9.17) is 34.8 Å². The van der Waals surface area contributed by atoms with E-state index in [0.717, 1.165) is 25.8 Å². The number of hydrogen-bond donors (Lipinski definition) is 4. The summed E-state index contributed by atoms with van der Waals surface area (Å²) in [5, 5.41) is 11.8. The van der Waals surface area contributed by atoms with E-state index in [0.29, 0.717) is 6.42 Å². The molecule has 2 fully saturated rings. The number of rotatable bonds is 2. The third-order valence-corrected chi connectivity index (χ3v) is 4.88. The Balaban J connectivity index is 1.72. The van der Waals surface area contributed by atoms with Gasteiger partial charge in [-0.25, -0.2) is 4.79 Å². The minimum atomic E-state index is -0.299. The predicted molar refractivity (Wildman–Crippen MR) is 77.8 cm³/mol. The number of carbonyl (C=O) groups excluding carboxylic acids is 1. The minimum Gasteiger partial charge on any atom is -0.335 e. The molecule has 4 N–H and O–H groups in total. The van der Waals surface area contributed by atoms with Gasteiger partial charge in [0.05, 0.1) is 16.3 Å². The Morgan fingerprint density at radius 3 is 2.53 bits per heavy atom. The van der Waals surface area contributed by atoms with Crippen molar-refractivity contribution in [3.05, 3.63) is 0 Å². The molecule has 19 heavy (non-hydrogen) atoms. The molecule has 1 aliphatic carbocycles. The molecule has 1 saturated heterocycles. The van der Waals surface area contributed by atoms with Crippen LogP contribution in [0.1, 0.15) is 25.7 Å². The molecule has 0 bridgehead atoms. The van der Waals surface area contributed by atoms with Crippen molar-refractivity contribution in [2.45, 2.75) is 54.3 Å².